The highest BCUT2D eigenvalue weighted by Crippen LogP contribution is 2.20. The van der Waals surface area contributed by atoms with Crippen LogP contribution in [0.25, 0.3) is 10.9 Å². The van der Waals surface area contributed by atoms with Gasteiger partial charge in [0.2, 0.25) is 5.91 Å². The Morgan fingerprint density at radius 3 is 2.62 bits per heavy atom. The number of amides is 1. The maximum absolute atomic E-state index is 12.5. The number of fused-ring (bicyclic) bond motifs is 1. The first kappa shape index (κ1) is 15.4. The summed E-state index contributed by atoms with van der Waals surface area (Å²) < 4.78 is 0. The number of aromatic nitrogens is 1. The first-order chi connectivity index (χ1) is 10.2. The molecule has 21 heavy (non-hydrogen) atoms. The summed E-state index contributed by atoms with van der Waals surface area (Å²) in [6.07, 6.45) is 2.43. The number of benzene rings is 1. The minimum atomic E-state index is -0.183. The topological polar surface area (TPSA) is 59.2 Å². The molecule has 0 fully saturated rings. The molecule has 0 radical (unpaired) electrons. The molecule has 0 saturated carbocycles. The number of nitrogens with two attached hydrogens (primary N) is 1. The predicted octanol–water partition coefficient (Wildman–Crippen LogP) is 2.22. The van der Waals surface area contributed by atoms with Gasteiger partial charge in [0, 0.05) is 31.2 Å². The highest BCUT2D eigenvalue weighted by molar-refractivity contribution is 5.83. The number of carbonyl (C=O) groups is 1. The van der Waals surface area contributed by atoms with Crippen molar-refractivity contribution in [2.45, 2.75) is 20.3 Å². The molecule has 0 saturated heterocycles. The van der Waals surface area contributed by atoms with E-state index in [0.717, 1.165) is 29.6 Å². The standard InChI is InChI=1S/C17H23N3O/c1-3-20(4-2)17(21)15(12-18)11-14-8-5-7-13-9-6-10-19-16(13)14/h5-10,15H,3-4,11-12,18H2,1-2H3. The number of hydrogen-bond donors (Lipinski definition) is 1. The molecule has 2 aromatic rings. The van der Waals surface area contributed by atoms with Crippen LogP contribution in [0.5, 0.6) is 0 Å². The molecule has 4 nitrogen and oxygen atoms in total. The summed E-state index contributed by atoms with van der Waals surface area (Å²) in [4.78, 5) is 18.8. The van der Waals surface area contributed by atoms with Crippen LogP contribution in [0.1, 0.15) is 19.4 Å². The van der Waals surface area contributed by atoms with Gasteiger partial charge in [-0.1, -0.05) is 24.3 Å². The lowest BCUT2D eigenvalue weighted by atomic mass is 9.96. The lowest BCUT2D eigenvalue weighted by molar-refractivity contribution is -0.134. The van der Waals surface area contributed by atoms with Crippen LogP contribution in [0.4, 0.5) is 0 Å². The Kier molecular flexibility index (Phi) is 5.28. The number of pyridine rings is 1. The van der Waals surface area contributed by atoms with Crippen LogP contribution in [0.2, 0.25) is 0 Å². The van der Waals surface area contributed by atoms with E-state index in [1.807, 2.05) is 49.1 Å². The van der Waals surface area contributed by atoms with E-state index in [0.29, 0.717) is 13.0 Å². The molecule has 2 N–H and O–H groups in total. The van der Waals surface area contributed by atoms with Crippen molar-refractivity contribution >= 4 is 16.8 Å². The van der Waals surface area contributed by atoms with Crippen LogP contribution >= 0.6 is 0 Å². The average Bonchev–Trinajstić information content (AvgIpc) is 2.53. The maximum Gasteiger partial charge on any atom is 0.227 e. The number of rotatable bonds is 6. The minimum absolute atomic E-state index is 0.135. The Hall–Kier alpha value is -1.94. The predicted molar refractivity (Wildman–Crippen MR) is 85.9 cm³/mol. The number of para-hydroxylation sites is 1. The third-order valence-corrected chi connectivity index (χ3v) is 3.89. The van der Waals surface area contributed by atoms with E-state index in [2.05, 4.69) is 4.98 Å². The molecule has 0 aliphatic heterocycles. The lowest BCUT2D eigenvalue weighted by Crippen LogP contribution is -2.39. The van der Waals surface area contributed by atoms with Gasteiger partial charge in [-0.25, -0.2) is 0 Å². The molecule has 0 spiro atoms. The molecule has 0 bridgehead atoms. The summed E-state index contributed by atoms with van der Waals surface area (Å²) in [5.74, 6) is -0.0482. The highest BCUT2D eigenvalue weighted by atomic mass is 16.2. The van der Waals surface area contributed by atoms with Crippen molar-refractivity contribution in [2.75, 3.05) is 19.6 Å². The molecule has 0 aliphatic rings. The summed E-state index contributed by atoms with van der Waals surface area (Å²) in [5, 5.41) is 1.10. The summed E-state index contributed by atoms with van der Waals surface area (Å²) >= 11 is 0. The van der Waals surface area contributed by atoms with Gasteiger partial charge < -0.3 is 10.6 Å². The summed E-state index contributed by atoms with van der Waals surface area (Å²) in [5.41, 5.74) is 7.90. The molecule has 1 atom stereocenters. The highest BCUT2D eigenvalue weighted by Gasteiger charge is 2.22. The van der Waals surface area contributed by atoms with Crippen LogP contribution in [0.15, 0.2) is 36.5 Å². The number of hydrogen-bond acceptors (Lipinski definition) is 3. The Labute approximate surface area is 126 Å². The van der Waals surface area contributed by atoms with Crippen LogP contribution in [0.3, 0.4) is 0 Å². The van der Waals surface area contributed by atoms with Crippen molar-refractivity contribution in [2.24, 2.45) is 11.7 Å². The number of nitrogens with zero attached hydrogens (tertiary/aromatic N) is 2. The second-order valence-corrected chi connectivity index (χ2v) is 5.14. The van der Waals surface area contributed by atoms with E-state index in [1.165, 1.54) is 0 Å². The Morgan fingerprint density at radius 2 is 1.95 bits per heavy atom. The molecule has 4 heteroatoms. The maximum atomic E-state index is 12.5. The fourth-order valence-electron chi connectivity index (χ4n) is 2.66. The lowest BCUT2D eigenvalue weighted by Gasteiger charge is -2.24. The van der Waals surface area contributed by atoms with Gasteiger partial charge in [-0.05, 0) is 31.9 Å². The molecule has 112 valence electrons. The van der Waals surface area contributed by atoms with Gasteiger partial charge in [0.05, 0.1) is 11.4 Å². The van der Waals surface area contributed by atoms with Crippen LogP contribution in [-0.4, -0.2) is 35.4 Å². The van der Waals surface area contributed by atoms with Crippen molar-refractivity contribution in [3.8, 4) is 0 Å². The molecule has 2 rings (SSSR count). The smallest absolute Gasteiger partial charge is 0.227 e. The van der Waals surface area contributed by atoms with Crippen LogP contribution in [0, 0.1) is 5.92 Å². The zero-order valence-corrected chi connectivity index (χ0v) is 12.7. The Morgan fingerprint density at radius 1 is 1.24 bits per heavy atom. The monoisotopic (exact) mass is 285 g/mol. The first-order valence-corrected chi connectivity index (χ1v) is 7.52. The summed E-state index contributed by atoms with van der Waals surface area (Å²) in [6, 6.07) is 10.0. The quantitative estimate of drug-likeness (QED) is 0.885. The summed E-state index contributed by atoms with van der Waals surface area (Å²) in [6.45, 7) is 5.79. The van der Waals surface area contributed by atoms with Gasteiger partial charge in [-0.3, -0.25) is 9.78 Å². The third-order valence-electron chi connectivity index (χ3n) is 3.89. The normalized spacial score (nSPS) is 12.3. The summed E-state index contributed by atoms with van der Waals surface area (Å²) in [7, 11) is 0. The largest absolute Gasteiger partial charge is 0.343 e. The van der Waals surface area contributed by atoms with Gasteiger partial charge in [-0.15, -0.1) is 0 Å². The average molecular weight is 285 g/mol. The van der Waals surface area contributed by atoms with E-state index in [1.54, 1.807) is 6.20 Å². The van der Waals surface area contributed by atoms with E-state index in [-0.39, 0.29) is 11.8 Å². The fraction of sp³-hybridized carbons (Fsp3) is 0.412. The van der Waals surface area contributed by atoms with Crippen molar-refractivity contribution in [1.29, 1.82) is 0 Å². The van der Waals surface area contributed by atoms with Gasteiger partial charge in [0.25, 0.3) is 0 Å². The van der Waals surface area contributed by atoms with E-state index >= 15 is 0 Å². The van der Waals surface area contributed by atoms with E-state index in [9.17, 15) is 4.79 Å². The Bertz CT molecular complexity index is 603. The first-order valence-electron chi connectivity index (χ1n) is 7.52. The molecular weight excluding hydrogens is 262 g/mol. The third kappa shape index (κ3) is 3.39. The van der Waals surface area contributed by atoms with Crippen molar-refractivity contribution in [3.63, 3.8) is 0 Å². The second-order valence-electron chi connectivity index (χ2n) is 5.14. The van der Waals surface area contributed by atoms with Gasteiger partial charge in [0.15, 0.2) is 0 Å². The van der Waals surface area contributed by atoms with Crippen molar-refractivity contribution in [3.05, 3.63) is 42.1 Å². The fourth-order valence-corrected chi connectivity index (χ4v) is 2.66. The molecule has 1 unspecified atom stereocenters. The molecule has 1 aromatic carbocycles. The van der Waals surface area contributed by atoms with Gasteiger partial charge >= 0.3 is 0 Å². The zero-order chi connectivity index (χ0) is 15.2. The van der Waals surface area contributed by atoms with E-state index in [4.69, 9.17) is 5.73 Å². The Balaban J connectivity index is 2.27. The minimum Gasteiger partial charge on any atom is -0.343 e. The van der Waals surface area contributed by atoms with Gasteiger partial charge in [-0.2, -0.15) is 0 Å². The van der Waals surface area contributed by atoms with Crippen molar-refractivity contribution in [1.82, 2.24) is 9.88 Å². The molecule has 0 aliphatic carbocycles. The molecular formula is C17H23N3O. The van der Waals surface area contributed by atoms with E-state index < -0.39 is 0 Å². The second kappa shape index (κ2) is 7.18. The van der Waals surface area contributed by atoms with Crippen LogP contribution in [-0.2, 0) is 11.2 Å². The van der Waals surface area contributed by atoms with Gasteiger partial charge in [0.1, 0.15) is 0 Å². The van der Waals surface area contributed by atoms with Crippen molar-refractivity contribution < 1.29 is 4.79 Å². The zero-order valence-electron chi connectivity index (χ0n) is 12.7. The number of carbonyl (C=O) groups excluding carboxylic acids is 1. The molecule has 1 amide bonds. The molecule has 1 heterocycles. The SMILES string of the molecule is CCN(CC)C(=O)C(CN)Cc1cccc2cccnc12. The van der Waals surface area contributed by atoms with Crippen LogP contribution < -0.4 is 5.73 Å². The molecule has 1 aromatic heterocycles.